The maximum atomic E-state index is 12.2. The second kappa shape index (κ2) is 7.36. The highest BCUT2D eigenvalue weighted by molar-refractivity contribution is 7.92. The summed E-state index contributed by atoms with van der Waals surface area (Å²) in [6.45, 7) is 5.48. The average Bonchev–Trinajstić information content (AvgIpc) is 2.35. The van der Waals surface area contributed by atoms with E-state index in [1.165, 1.54) is 6.07 Å². The molecule has 0 aliphatic carbocycles. The molecule has 0 bridgehead atoms. The Kier molecular flexibility index (Phi) is 6.08. The molecule has 1 aromatic carbocycles. The van der Waals surface area contributed by atoms with Gasteiger partial charge in [0.05, 0.1) is 17.9 Å². The maximum Gasteiger partial charge on any atom is 0.306 e. The number of hydrogen-bond acceptors (Lipinski definition) is 5. The number of benzene rings is 1. The minimum atomic E-state index is -3.67. The zero-order valence-corrected chi connectivity index (χ0v) is 13.3. The van der Waals surface area contributed by atoms with E-state index in [1.54, 1.807) is 26.0 Å². The number of esters is 1. The highest BCUT2D eigenvalue weighted by Gasteiger charge is 2.21. The fourth-order valence-corrected chi connectivity index (χ4v) is 3.53. The number of ether oxygens (including phenoxy) is 1. The van der Waals surface area contributed by atoms with Gasteiger partial charge in [0.25, 0.3) is 0 Å². The van der Waals surface area contributed by atoms with Crippen molar-refractivity contribution in [3.63, 3.8) is 0 Å². The summed E-state index contributed by atoms with van der Waals surface area (Å²) in [6, 6.07) is 4.97. The van der Waals surface area contributed by atoms with Gasteiger partial charge in [-0.3, -0.25) is 9.59 Å². The molecule has 0 amide bonds. The Bertz CT molecular complexity index is 631. The van der Waals surface area contributed by atoms with E-state index < -0.39 is 27.3 Å². The van der Waals surface area contributed by atoms with Crippen molar-refractivity contribution in [3.8, 4) is 0 Å². The fourth-order valence-electron chi connectivity index (χ4n) is 1.98. The Morgan fingerprint density at radius 1 is 1.14 bits per heavy atom. The van der Waals surface area contributed by atoms with Crippen molar-refractivity contribution in [2.24, 2.45) is 0 Å². The molecule has 0 saturated carbocycles. The lowest BCUT2D eigenvalue weighted by molar-refractivity contribution is -0.144. The summed E-state index contributed by atoms with van der Waals surface area (Å²) in [4.78, 5) is 23.0. The van der Waals surface area contributed by atoms with E-state index in [0.29, 0.717) is 5.56 Å². The number of carbonyl (C=O) groups excluding carboxylic acids is 2. The van der Waals surface area contributed by atoms with Gasteiger partial charge in [0, 0.05) is 6.42 Å². The molecule has 6 heteroatoms. The smallest absolute Gasteiger partial charge is 0.306 e. The van der Waals surface area contributed by atoms with Gasteiger partial charge in [-0.05, 0) is 32.4 Å². The van der Waals surface area contributed by atoms with Crippen LogP contribution in [0.1, 0.15) is 30.9 Å². The normalized spacial score (nSPS) is 11.2. The van der Waals surface area contributed by atoms with Crippen molar-refractivity contribution in [2.75, 3.05) is 12.4 Å². The zero-order chi connectivity index (χ0) is 16.0. The molecule has 0 saturated heterocycles. The van der Waals surface area contributed by atoms with E-state index in [4.69, 9.17) is 4.74 Å². The fraction of sp³-hybridized carbons (Fsp3) is 0.467. The van der Waals surface area contributed by atoms with Crippen LogP contribution < -0.4 is 0 Å². The molecule has 0 radical (unpaired) electrons. The Hall–Kier alpha value is -1.69. The van der Waals surface area contributed by atoms with Crippen LogP contribution in [0.5, 0.6) is 0 Å². The topological polar surface area (TPSA) is 77.5 Å². The molecule has 0 N–H and O–H groups in total. The molecule has 0 spiro atoms. The van der Waals surface area contributed by atoms with Crippen LogP contribution in [0, 0.1) is 13.8 Å². The molecular formula is C15H20O5S. The van der Waals surface area contributed by atoms with Gasteiger partial charge in [0.1, 0.15) is 11.5 Å². The lowest BCUT2D eigenvalue weighted by Crippen LogP contribution is -2.18. The minimum Gasteiger partial charge on any atom is -0.466 e. The first kappa shape index (κ1) is 17.4. The highest BCUT2D eigenvalue weighted by Crippen LogP contribution is 2.18. The van der Waals surface area contributed by atoms with E-state index in [2.05, 4.69) is 0 Å². The first-order valence-corrected chi connectivity index (χ1v) is 8.39. The van der Waals surface area contributed by atoms with Crippen LogP contribution in [0.15, 0.2) is 23.1 Å². The molecule has 0 heterocycles. The first-order valence-electron chi connectivity index (χ1n) is 6.73. The maximum absolute atomic E-state index is 12.2. The molecule has 116 valence electrons. The SMILES string of the molecule is CCOC(=O)CCC(=O)CS(=O)(=O)c1ccc(C)cc1C. The van der Waals surface area contributed by atoms with Crippen LogP contribution in [0.2, 0.25) is 0 Å². The Balaban J connectivity index is 2.72. The van der Waals surface area contributed by atoms with E-state index >= 15 is 0 Å². The summed E-state index contributed by atoms with van der Waals surface area (Å²) in [5.74, 6) is -1.56. The number of ketones is 1. The highest BCUT2D eigenvalue weighted by atomic mass is 32.2. The minimum absolute atomic E-state index is 0.0882. The van der Waals surface area contributed by atoms with Crippen molar-refractivity contribution in [2.45, 2.75) is 38.5 Å². The van der Waals surface area contributed by atoms with E-state index in [9.17, 15) is 18.0 Å². The number of carbonyl (C=O) groups is 2. The Labute approximate surface area is 125 Å². The largest absolute Gasteiger partial charge is 0.466 e. The molecule has 0 atom stereocenters. The van der Waals surface area contributed by atoms with Gasteiger partial charge in [-0.1, -0.05) is 17.7 Å². The second-order valence-corrected chi connectivity index (χ2v) is 6.83. The zero-order valence-electron chi connectivity index (χ0n) is 12.5. The molecule has 21 heavy (non-hydrogen) atoms. The van der Waals surface area contributed by atoms with Crippen LogP contribution >= 0.6 is 0 Å². The third kappa shape index (κ3) is 5.30. The van der Waals surface area contributed by atoms with E-state index in [-0.39, 0.29) is 24.3 Å². The predicted molar refractivity (Wildman–Crippen MR) is 78.8 cm³/mol. The summed E-state index contributed by atoms with van der Waals surface area (Å²) >= 11 is 0. The van der Waals surface area contributed by atoms with Crippen LogP contribution in [-0.2, 0) is 24.2 Å². The standard InChI is InChI=1S/C15H20O5S/c1-4-20-15(17)8-6-13(16)10-21(18,19)14-7-5-11(2)9-12(14)3/h5,7,9H,4,6,8,10H2,1-3H3. The molecule has 5 nitrogen and oxygen atoms in total. The third-order valence-corrected chi connectivity index (χ3v) is 4.76. The van der Waals surface area contributed by atoms with Gasteiger partial charge in [-0.15, -0.1) is 0 Å². The van der Waals surface area contributed by atoms with Gasteiger partial charge >= 0.3 is 5.97 Å². The van der Waals surface area contributed by atoms with Crippen LogP contribution in [0.4, 0.5) is 0 Å². The number of rotatable bonds is 7. The van der Waals surface area contributed by atoms with Crippen LogP contribution in [-0.4, -0.2) is 32.5 Å². The summed E-state index contributed by atoms with van der Waals surface area (Å²) < 4.78 is 29.1. The first-order chi connectivity index (χ1) is 9.76. The van der Waals surface area contributed by atoms with Gasteiger partial charge < -0.3 is 4.74 Å². The van der Waals surface area contributed by atoms with E-state index in [1.807, 2.05) is 6.92 Å². The van der Waals surface area contributed by atoms with Gasteiger partial charge in [0.15, 0.2) is 9.84 Å². The quantitative estimate of drug-likeness (QED) is 0.720. The monoisotopic (exact) mass is 312 g/mol. The lowest BCUT2D eigenvalue weighted by atomic mass is 10.2. The molecule has 1 rings (SSSR count). The molecule has 0 aliphatic rings. The molecule has 0 aliphatic heterocycles. The molecule has 0 fully saturated rings. The third-order valence-electron chi connectivity index (χ3n) is 2.93. The number of hydrogen-bond donors (Lipinski definition) is 0. The van der Waals surface area contributed by atoms with Gasteiger partial charge in [-0.25, -0.2) is 8.42 Å². The summed E-state index contributed by atoms with van der Waals surface area (Å²) in [6.07, 6.45) is -0.210. The lowest BCUT2D eigenvalue weighted by Gasteiger charge is -2.08. The van der Waals surface area contributed by atoms with Gasteiger partial charge in [-0.2, -0.15) is 0 Å². The summed E-state index contributed by atoms with van der Waals surface area (Å²) in [5, 5.41) is 0. The molecule has 0 unspecified atom stereocenters. The summed E-state index contributed by atoms with van der Waals surface area (Å²) in [7, 11) is -3.67. The van der Waals surface area contributed by atoms with Crippen molar-refractivity contribution in [3.05, 3.63) is 29.3 Å². The Morgan fingerprint density at radius 3 is 2.38 bits per heavy atom. The molecule has 1 aromatic rings. The molecular weight excluding hydrogens is 292 g/mol. The van der Waals surface area contributed by atoms with Crippen molar-refractivity contribution >= 4 is 21.6 Å². The second-order valence-electron chi connectivity index (χ2n) is 4.87. The van der Waals surface area contributed by atoms with Crippen molar-refractivity contribution in [1.82, 2.24) is 0 Å². The number of Topliss-reactive ketones (excluding diaryl/α,β-unsaturated/α-hetero) is 1. The van der Waals surface area contributed by atoms with Gasteiger partial charge in [0.2, 0.25) is 0 Å². The number of sulfone groups is 1. The summed E-state index contributed by atoms with van der Waals surface area (Å²) in [5.41, 5.74) is 1.58. The van der Waals surface area contributed by atoms with Crippen LogP contribution in [0.25, 0.3) is 0 Å². The van der Waals surface area contributed by atoms with Crippen molar-refractivity contribution in [1.29, 1.82) is 0 Å². The number of aryl methyl sites for hydroxylation is 2. The molecule has 0 aromatic heterocycles. The Morgan fingerprint density at radius 2 is 1.81 bits per heavy atom. The van der Waals surface area contributed by atoms with E-state index in [0.717, 1.165) is 5.56 Å². The van der Waals surface area contributed by atoms with Crippen molar-refractivity contribution < 1.29 is 22.7 Å². The predicted octanol–water partition coefficient (Wildman–Crippen LogP) is 1.99. The average molecular weight is 312 g/mol. The van der Waals surface area contributed by atoms with Crippen LogP contribution in [0.3, 0.4) is 0 Å².